The molecular formula is C19H20O5. The smallest absolute Gasteiger partial charge is 0.231 e. The number of fused-ring (bicyclic) bond motifs is 1. The van der Waals surface area contributed by atoms with Crippen molar-refractivity contribution >= 4 is 0 Å². The van der Waals surface area contributed by atoms with Gasteiger partial charge in [0.05, 0.1) is 14.2 Å². The molecule has 0 N–H and O–H groups in total. The zero-order valence-corrected chi connectivity index (χ0v) is 13.8. The average Bonchev–Trinajstić information content (AvgIpc) is 3.06. The Morgan fingerprint density at radius 3 is 2.50 bits per heavy atom. The molecule has 0 saturated carbocycles. The summed E-state index contributed by atoms with van der Waals surface area (Å²) in [5.74, 6) is 3.67. The van der Waals surface area contributed by atoms with Crippen molar-refractivity contribution < 1.29 is 23.7 Å². The lowest BCUT2D eigenvalue weighted by Gasteiger charge is -2.14. The summed E-state index contributed by atoms with van der Waals surface area (Å²) >= 11 is 0. The second kappa shape index (κ2) is 7.17. The molecule has 5 heteroatoms. The molecule has 0 unspecified atom stereocenters. The monoisotopic (exact) mass is 328 g/mol. The fourth-order valence-corrected chi connectivity index (χ4v) is 2.57. The van der Waals surface area contributed by atoms with E-state index in [9.17, 15) is 0 Å². The SMILES string of the molecule is C=CCc1cc2c(cc1OCc1cc(OC)ccc1OC)OCO2. The molecule has 0 aliphatic carbocycles. The van der Waals surface area contributed by atoms with Crippen LogP contribution in [-0.4, -0.2) is 21.0 Å². The molecule has 0 amide bonds. The van der Waals surface area contributed by atoms with E-state index in [-0.39, 0.29) is 6.79 Å². The van der Waals surface area contributed by atoms with E-state index in [1.165, 1.54) is 0 Å². The molecule has 5 nitrogen and oxygen atoms in total. The summed E-state index contributed by atoms with van der Waals surface area (Å²) in [5, 5.41) is 0. The first kappa shape index (κ1) is 16.1. The first-order chi connectivity index (χ1) is 11.7. The lowest BCUT2D eigenvalue weighted by molar-refractivity contribution is 0.173. The number of rotatable bonds is 7. The van der Waals surface area contributed by atoms with Gasteiger partial charge in [-0.05, 0) is 30.7 Å². The van der Waals surface area contributed by atoms with Crippen LogP contribution in [0, 0.1) is 0 Å². The van der Waals surface area contributed by atoms with E-state index >= 15 is 0 Å². The minimum absolute atomic E-state index is 0.232. The van der Waals surface area contributed by atoms with Gasteiger partial charge in [0.15, 0.2) is 11.5 Å². The first-order valence-corrected chi connectivity index (χ1v) is 7.62. The van der Waals surface area contributed by atoms with Crippen molar-refractivity contribution in [2.75, 3.05) is 21.0 Å². The predicted octanol–water partition coefficient (Wildman–Crippen LogP) is 3.74. The number of methoxy groups -OCH3 is 2. The van der Waals surface area contributed by atoms with E-state index in [1.807, 2.05) is 36.4 Å². The summed E-state index contributed by atoms with van der Waals surface area (Å²) in [5.41, 5.74) is 1.90. The van der Waals surface area contributed by atoms with Gasteiger partial charge < -0.3 is 23.7 Å². The highest BCUT2D eigenvalue weighted by Crippen LogP contribution is 2.39. The molecule has 3 rings (SSSR count). The van der Waals surface area contributed by atoms with E-state index < -0.39 is 0 Å². The summed E-state index contributed by atoms with van der Waals surface area (Å²) in [7, 11) is 3.27. The minimum atomic E-state index is 0.232. The molecule has 1 heterocycles. The zero-order valence-electron chi connectivity index (χ0n) is 13.8. The Morgan fingerprint density at radius 1 is 1.00 bits per heavy atom. The molecule has 1 aliphatic heterocycles. The standard InChI is InChI=1S/C19H20O5/c1-4-5-13-9-18-19(24-12-23-18)10-17(13)22-11-14-8-15(20-2)6-7-16(14)21-3/h4,6-10H,1,5,11-12H2,2-3H3. The maximum Gasteiger partial charge on any atom is 0.231 e. The molecular weight excluding hydrogens is 308 g/mol. The molecule has 0 aromatic heterocycles. The maximum absolute atomic E-state index is 6.02. The highest BCUT2D eigenvalue weighted by Gasteiger charge is 2.18. The predicted molar refractivity (Wildman–Crippen MR) is 90.3 cm³/mol. The van der Waals surface area contributed by atoms with Crippen LogP contribution in [0.1, 0.15) is 11.1 Å². The third-order valence-corrected chi connectivity index (χ3v) is 3.79. The number of ether oxygens (including phenoxy) is 5. The van der Waals surface area contributed by atoms with Crippen molar-refractivity contribution in [2.45, 2.75) is 13.0 Å². The average molecular weight is 328 g/mol. The molecule has 2 aromatic carbocycles. The van der Waals surface area contributed by atoms with Crippen LogP contribution in [0.25, 0.3) is 0 Å². The largest absolute Gasteiger partial charge is 0.497 e. The third kappa shape index (κ3) is 3.25. The zero-order chi connectivity index (χ0) is 16.9. The highest BCUT2D eigenvalue weighted by atomic mass is 16.7. The lowest BCUT2D eigenvalue weighted by Crippen LogP contribution is -2.01. The van der Waals surface area contributed by atoms with Crippen LogP contribution < -0.4 is 23.7 Å². The summed E-state index contributed by atoms with van der Waals surface area (Å²) in [4.78, 5) is 0. The van der Waals surface area contributed by atoms with Crippen molar-refractivity contribution in [3.05, 3.63) is 54.1 Å². The topological polar surface area (TPSA) is 46.2 Å². The van der Waals surface area contributed by atoms with Crippen LogP contribution in [0.4, 0.5) is 0 Å². The van der Waals surface area contributed by atoms with Crippen molar-refractivity contribution in [1.82, 2.24) is 0 Å². The normalized spacial score (nSPS) is 11.9. The van der Waals surface area contributed by atoms with Gasteiger partial charge in [-0.3, -0.25) is 0 Å². The van der Waals surface area contributed by atoms with E-state index in [2.05, 4.69) is 6.58 Å². The Bertz CT molecular complexity index is 739. The molecule has 2 aromatic rings. The van der Waals surface area contributed by atoms with Gasteiger partial charge in [-0.25, -0.2) is 0 Å². The van der Waals surface area contributed by atoms with Gasteiger partial charge >= 0.3 is 0 Å². The lowest BCUT2D eigenvalue weighted by atomic mass is 10.1. The van der Waals surface area contributed by atoms with Crippen LogP contribution in [-0.2, 0) is 13.0 Å². The van der Waals surface area contributed by atoms with Crippen molar-refractivity contribution in [3.63, 3.8) is 0 Å². The maximum atomic E-state index is 6.02. The third-order valence-electron chi connectivity index (χ3n) is 3.79. The van der Waals surface area contributed by atoms with Gasteiger partial charge in [0.1, 0.15) is 23.9 Å². The number of hydrogen-bond donors (Lipinski definition) is 0. The second-order valence-corrected chi connectivity index (χ2v) is 5.27. The first-order valence-electron chi connectivity index (χ1n) is 7.62. The molecule has 0 spiro atoms. The van der Waals surface area contributed by atoms with Gasteiger partial charge in [0.2, 0.25) is 6.79 Å². The van der Waals surface area contributed by atoms with Crippen molar-refractivity contribution in [3.8, 4) is 28.7 Å². The van der Waals surface area contributed by atoms with E-state index in [4.69, 9.17) is 23.7 Å². The van der Waals surface area contributed by atoms with Crippen LogP contribution in [0.15, 0.2) is 43.0 Å². The van der Waals surface area contributed by atoms with E-state index in [0.717, 1.165) is 34.1 Å². The molecule has 0 atom stereocenters. The Kier molecular flexibility index (Phi) is 4.79. The summed E-state index contributed by atoms with van der Waals surface area (Å²) in [6, 6.07) is 9.41. The molecule has 126 valence electrons. The number of allylic oxidation sites excluding steroid dienone is 1. The minimum Gasteiger partial charge on any atom is -0.497 e. The fourth-order valence-electron chi connectivity index (χ4n) is 2.57. The van der Waals surface area contributed by atoms with Crippen molar-refractivity contribution in [2.24, 2.45) is 0 Å². The van der Waals surface area contributed by atoms with E-state index in [0.29, 0.717) is 18.8 Å². The van der Waals surface area contributed by atoms with Crippen LogP contribution in [0.5, 0.6) is 28.7 Å². The van der Waals surface area contributed by atoms with Crippen LogP contribution >= 0.6 is 0 Å². The second-order valence-electron chi connectivity index (χ2n) is 5.27. The number of benzene rings is 2. The van der Waals surface area contributed by atoms with Gasteiger partial charge in [0, 0.05) is 17.2 Å². The number of hydrogen-bond acceptors (Lipinski definition) is 5. The van der Waals surface area contributed by atoms with Gasteiger partial charge in [-0.15, -0.1) is 6.58 Å². The molecule has 1 aliphatic rings. The Labute approximate surface area is 141 Å². The van der Waals surface area contributed by atoms with Crippen molar-refractivity contribution in [1.29, 1.82) is 0 Å². The van der Waals surface area contributed by atoms with Crippen LogP contribution in [0.2, 0.25) is 0 Å². The van der Waals surface area contributed by atoms with Gasteiger partial charge in [-0.2, -0.15) is 0 Å². The van der Waals surface area contributed by atoms with Gasteiger partial charge in [0.25, 0.3) is 0 Å². The Balaban J connectivity index is 1.85. The molecule has 0 bridgehead atoms. The molecule has 0 radical (unpaired) electrons. The Hall–Kier alpha value is -2.82. The summed E-state index contributed by atoms with van der Waals surface area (Å²) < 4.78 is 27.5. The summed E-state index contributed by atoms with van der Waals surface area (Å²) in [6.07, 6.45) is 2.51. The van der Waals surface area contributed by atoms with Gasteiger partial charge in [-0.1, -0.05) is 6.08 Å². The highest BCUT2D eigenvalue weighted by molar-refractivity contribution is 5.52. The molecule has 0 saturated heterocycles. The van der Waals surface area contributed by atoms with Crippen LogP contribution in [0.3, 0.4) is 0 Å². The van der Waals surface area contributed by atoms with E-state index in [1.54, 1.807) is 14.2 Å². The fraction of sp³-hybridized carbons (Fsp3) is 0.263. The Morgan fingerprint density at radius 2 is 1.79 bits per heavy atom. The quantitative estimate of drug-likeness (QED) is 0.725. The summed E-state index contributed by atoms with van der Waals surface area (Å²) in [6.45, 7) is 4.38. The molecule has 24 heavy (non-hydrogen) atoms. The molecule has 0 fully saturated rings.